The molecule has 1 heterocycles. The molecule has 82 valence electrons. The second-order valence-corrected chi connectivity index (χ2v) is 4.65. The van der Waals surface area contributed by atoms with Gasteiger partial charge in [0, 0.05) is 5.69 Å². The van der Waals surface area contributed by atoms with Gasteiger partial charge in [0.1, 0.15) is 5.15 Å². The predicted octanol–water partition coefficient (Wildman–Crippen LogP) is 5.02. The molecular weight excluding hydrogens is 264 g/mol. The summed E-state index contributed by atoms with van der Waals surface area (Å²) in [4.78, 5) is 4.11. The largest absolute Gasteiger partial charge is 0.241 e. The molecule has 16 heavy (non-hydrogen) atoms. The van der Waals surface area contributed by atoms with Gasteiger partial charge in [0.2, 0.25) is 0 Å². The average molecular weight is 273 g/mol. The summed E-state index contributed by atoms with van der Waals surface area (Å²) in [5.41, 5.74) is 2.83. The molecule has 0 fully saturated rings. The van der Waals surface area contributed by atoms with E-state index >= 15 is 0 Å². The van der Waals surface area contributed by atoms with Crippen molar-refractivity contribution >= 4 is 34.8 Å². The van der Waals surface area contributed by atoms with Crippen LogP contribution in [0.2, 0.25) is 15.2 Å². The Bertz CT molecular complexity index is 518. The number of benzene rings is 1. The summed E-state index contributed by atoms with van der Waals surface area (Å²) in [5, 5.41) is 1.55. The lowest BCUT2D eigenvalue weighted by atomic mass is 10.1. The van der Waals surface area contributed by atoms with Gasteiger partial charge in [-0.3, -0.25) is 0 Å². The summed E-state index contributed by atoms with van der Waals surface area (Å²) in [6, 6.07) is 9.23. The highest BCUT2D eigenvalue weighted by Crippen LogP contribution is 2.29. The zero-order valence-electron chi connectivity index (χ0n) is 8.47. The molecule has 1 aromatic heterocycles. The molecule has 0 radical (unpaired) electrons. The number of aryl methyl sites for hydroxylation is 1. The maximum absolute atomic E-state index is 5.96. The third kappa shape index (κ3) is 2.49. The molecule has 2 rings (SSSR count). The van der Waals surface area contributed by atoms with Crippen molar-refractivity contribution in [3.05, 3.63) is 51.2 Å². The monoisotopic (exact) mass is 271 g/mol. The molecule has 2 aromatic rings. The maximum atomic E-state index is 5.96. The first-order valence-corrected chi connectivity index (χ1v) is 5.79. The van der Waals surface area contributed by atoms with E-state index in [0.29, 0.717) is 15.2 Å². The summed E-state index contributed by atoms with van der Waals surface area (Å²) in [6.07, 6.45) is 0. The second kappa shape index (κ2) is 4.62. The van der Waals surface area contributed by atoms with E-state index in [1.54, 1.807) is 12.1 Å². The molecule has 0 unspecified atom stereocenters. The molecule has 0 spiro atoms. The fourth-order valence-electron chi connectivity index (χ4n) is 1.47. The Morgan fingerprint density at radius 2 is 1.62 bits per heavy atom. The third-order valence-electron chi connectivity index (χ3n) is 2.18. The lowest BCUT2D eigenvalue weighted by molar-refractivity contribution is 1.20. The first-order chi connectivity index (χ1) is 7.56. The van der Waals surface area contributed by atoms with Gasteiger partial charge in [-0.25, -0.2) is 4.98 Å². The van der Waals surface area contributed by atoms with E-state index in [1.165, 1.54) is 0 Å². The van der Waals surface area contributed by atoms with Gasteiger partial charge in [-0.05, 0) is 42.3 Å². The van der Waals surface area contributed by atoms with Gasteiger partial charge in [0.25, 0.3) is 0 Å². The zero-order chi connectivity index (χ0) is 11.7. The Labute approximate surface area is 109 Å². The molecular formula is C12H8Cl3N. The van der Waals surface area contributed by atoms with Crippen molar-refractivity contribution in [2.75, 3.05) is 0 Å². The highest BCUT2D eigenvalue weighted by molar-refractivity contribution is 6.42. The minimum Gasteiger partial charge on any atom is -0.241 e. The van der Waals surface area contributed by atoms with E-state index < -0.39 is 0 Å². The fourth-order valence-corrected chi connectivity index (χ4v) is 2.02. The van der Waals surface area contributed by atoms with Crippen molar-refractivity contribution in [2.24, 2.45) is 0 Å². The van der Waals surface area contributed by atoms with E-state index in [0.717, 1.165) is 16.8 Å². The molecule has 4 heteroatoms. The average Bonchev–Trinajstić information content (AvgIpc) is 2.20. The molecule has 0 bridgehead atoms. The smallest absolute Gasteiger partial charge is 0.129 e. The molecule has 0 saturated carbocycles. The predicted molar refractivity (Wildman–Crippen MR) is 69.4 cm³/mol. The highest BCUT2D eigenvalue weighted by Gasteiger charge is 2.04. The van der Waals surface area contributed by atoms with Crippen molar-refractivity contribution in [3.63, 3.8) is 0 Å². The summed E-state index contributed by atoms with van der Waals surface area (Å²) >= 11 is 17.7. The van der Waals surface area contributed by atoms with E-state index in [2.05, 4.69) is 4.98 Å². The quantitative estimate of drug-likeness (QED) is 0.664. The summed E-state index contributed by atoms with van der Waals surface area (Å²) in [5.74, 6) is 0. The van der Waals surface area contributed by atoms with Crippen LogP contribution in [-0.4, -0.2) is 4.98 Å². The fraction of sp³-hybridized carbons (Fsp3) is 0.0833. The summed E-state index contributed by atoms with van der Waals surface area (Å²) < 4.78 is 0. The van der Waals surface area contributed by atoms with Crippen molar-refractivity contribution < 1.29 is 0 Å². The van der Waals surface area contributed by atoms with E-state index in [1.807, 2.05) is 25.1 Å². The van der Waals surface area contributed by atoms with Crippen LogP contribution in [0.4, 0.5) is 0 Å². The summed E-state index contributed by atoms with van der Waals surface area (Å²) in [7, 11) is 0. The molecule has 0 atom stereocenters. The number of halogens is 3. The number of hydrogen-bond donors (Lipinski definition) is 0. The van der Waals surface area contributed by atoms with Crippen molar-refractivity contribution in [1.82, 2.24) is 4.98 Å². The standard InChI is InChI=1S/C12H8Cl3N/c1-7-4-9(6-12(15)16-7)8-2-3-10(13)11(14)5-8/h2-6H,1H3. The Kier molecular flexibility index (Phi) is 3.38. The van der Waals surface area contributed by atoms with Crippen LogP contribution < -0.4 is 0 Å². The van der Waals surface area contributed by atoms with Crippen LogP contribution in [0.5, 0.6) is 0 Å². The molecule has 0 aliphatic heterocycles. The van der Waals surface area contributed by atoms with Crippen LogP contribution in [-0.2, 0) is 0 Å². The van der Waals surface area contributed by atoms with Crippen LogP contribution in [0.1, 0.15) is 5.69 Å². The number of rotatable bonds is 1. The van der Waals surface area contributed by atoms with E-state index in [4.69, 9.17) is 34.8 Å². The van der Waals surface area contributed by atoms with Gasteiger partial charge in [-0.2, -0.15) is 0 Å². The lowest BCUT2D eigenvalue weighted by Gasteiger charge is -2.05. The van der Waals surface area contributed by atoms with Crippen LogP contribution in [0.25, 0.3) is 11.1 Å². The molecule has 0 saturated heterocycles. The Hall–Kier alpha value is -0.760. The van der Waals surface area contributed by atoms with E-state index in [9.17, 15) is 0 Å². The molecule has 1 aromatic carbocycles. The third-order valence-corrected chi connectivity index (χ3v) is 3.11. The molecule has 0 amide bonds. The first-order valence-electron chi connectivity index (χ1n) is 4.66. The first kappa shape index (κ1) is 11.7. The SMILES string of the molecule is Cc1cc(-c2ccc(Cl)c(Cl)c2)cc(Cl)n1. The number of nitrogens with zero attached hydrogens (tertiary/aromatic N) is 1. The van der Waals surface area contributed by atoms with Gasteiger partial charge in [0.15, 0.2) is 0 Å². The van der Waals surface area contributed by atoms with Crippen molar-refractivity contribution in [3.8, 4) is 11.1 Å². The number of hydrogen-bond acceptors (Lipinski definition) is 1. The molecule has 0 aliphatic carbocycles. The van der Waals surface area contributed by atoms with Gasteiger partial charge < -0.3 is 0 Å². The van der Waals surface area contributed by atoms with Crippen LogP contribution in [0.3, 0.4) is 0 Å². The van der Waals surface area contributed by atoms with Crippen LogP contribution in [0, 0.1) is 6.92 Å². The Morgan fingerprint density at radius 3 is 2.25 bits per heavy atom. The van der Waals surface area contributed by atoms with Crippen molar-refractivity contribution in [1.29, 1.82) is 0 Å². The van der Waals surface area contributed by atoms with Gasteiger partial charge in [0.05, 0.1) is 10.0 Å². The Balaban J connectivity index is 2.54. The number of aromatic nitrogens is 1. The van der Waals surface area contributed by atoms with E-state index in [-0.39, 0.29) is 0 Å². The summed E-state index contributed by atoms with van der Waals surface area (Å²) in [6.45, 7) is 1.90. The minimum absolute atomic E-state index is 0.473. The normalized spacial score (nSPS) is 10.5. The number of pyridine rings is 1. The second-order valence-electron chi connectivity index (χ2n) is 3.45. The zero-order valence-corrected chi connectivity index (χ0v) is 10.7. The lowest BCUT2D eigenvalue weighted by Crippen LogP contribution is -1.85. The molecule has 0 N–H and O–H groups in total. The van der Waals surface area contributed by atoms with Crippen molar-refractivity contribution in [2.45, 2.75) is 6.92 Å². The van der Waals surface area contributed by atoms with Gasteiger partial charge in [-0.15, -0.1) is 0 Å². The maximum Gasteiger partial charge on any atom is 0.129 e. The van der Waals surface area contributed by atoms with Crippen LogP contribution >= 0.6 is 34.8 Å². The highest BCUT2D eigenvalue weighted by atomic mass is 35.5. The minimum atomic E-state index is 0.473. The van der Waals surface area contributed by atoms with Crippen LogP contribution in [0.15, 0.2) is 30.3 Å². The van der Waals surface area contributed by atoms with Gasteiger partial charge in [-0.1, -0.05) is 40.9 Å². The molecule has 1 nitrogen and oxygen atoms in total. The molecule has 0 aliphatic rings. The van der Waals surface area contributed by atoms with Gasteiger partial charge >= 0.3 is 0 Å². The topological polar surface area (TPSA) is 12.9 Å². The Morgan fingerprint density at radius 1 is 0.875 bits per heavy atom.